The zero-order valence-electron chi connectivity index (χ0n) is 18.4. The van der Waals surface area contributed by atoms with Gasteiger partial charge in [0.25, 0.3) is 5.91 Å². The maximum Gasteiger partial charge on any atom is 0.417 e. The van der Waals surface area contributed by atoms with E-state index in [4.69, 9.17) is 0 Å². The second kappa shape index (κ2) is 9.83. The number of carbonyl (C=O) groups is 2. The second-order valence-corrected chi connectivity index (χ2v) is 8.47. The van der Waals surface area contributed by atoms with Crippen LogP contribution in [0.3, 0.4) is 0 Å². The van der Waals surface area contributed by atoms with Gasteiger partial charge in [-0.15, -0.1) is 5.69 Å². The summed E-state index contributed by atoms with van der Waals surface area (Å²) in [5.74, 6) is -1.71. The van der Waals surface area contributed by atoms with Crippen molar-refractivity contribution >= 4 is 17.5 Å². The molecule has 2 bridgehead atoms. The summed E-state index contributed by atoms with van der Waals surface area (Å²) in [5.41, 5.74) is 6.98. The van der Waals surface area contributed by atoms with Gasteiger partial charge in [-0.2, -0.15) is 13.2 Å². The standard InChI is InChI=1S/C21H21F4N6O2.Y/c1-11-5-15-8-20(7-11,19(33)29-28-12(2)32)31(15)30-14-3-4-17(21(23,24)25)16(6-14)18-26-9-13(22)10-27-18;/h3-4,6,9-11,15H,5,7-8H2,1-2H3,(H,28,32)(H,29,33);/q-1;/t11-,15-,20?;/m1./s1. The molecule has 0 spiro atoms. The van der Waals surface area contributed by atoms with Crippen LogP contribution < -0.4 is 10.9 Å². The second-order valence-electron chi connectivity index (χ2n) is 8.47. The van der Waals surface area contributed by atoms with Crippen molar-refractivity contribution in [3.8, 4) is 11.4 Å². The molecule has 1 aliphatic carbocycles. The molecule has 2 aromatic rings. The minimum atomic E-state index is -4.69. The van der Waals surface area contributed by atoms with Crippen LogP contribution in [-0.4, -0.2) is 38.4 Å². The van der Waals surface area contributed by atoms with Crippen LogP contribution >= 0.6 is 0 Å². The van der Waals surface area contributed by atoms with E-state index in [1.54, 1.807) is 5.01 Å². The van der Waals surface area contributed by atoms with Crippen molar-refractivity contribution in [2.45, 2.75) is 50.9 Å². The fourth-order valence-electron chi connectivity index (χ4n) is 4.62. The molecule has 8 nitrogen and oxygen atoms in total. The van der Waals surface area contributed by atoms with Gasteiger partial charge in [0, 0.05) is 45.2 Å². The van der Waals surface area contributed by atoms with Crippen LogP contribution in [0.25, 0.3) is 16.8 Å². The van der Waals surface area contributed by atoms with Crippen LogP contribution in [0.5, 0.6) is 0 Å². The molecular formula is C21H21F4N6O2Y-. The predicted molar refractivity (Wildman–Crippen MR) is 109 cm³/mol. The molecule has 3 atom stereocenters. The van der Waals surface area contributed by atoms with Crippen molar-refractivity contribution < 1.29 is 59.9 Å². The topological polar surface area (TPSA) is 101 Å². The predicted octanol–water partition coefficient (Wildman–Crippen LogP) is 3.63. The molecule has 4 rings (SSSR count). The summed E-state index contributed by atoms with van der Waals surface area (Å²) < 4.78 is 53.9. The summed E-state index contributed by atoms with van der Waals surface area (Å²) in [6.45, 7) is 3.26. The van der Waals surface area contributed by atoms with Crippen LogP contribution in [-0.2, 0) is 48.5 Å². The van der Waals surface area contributed by atoms with Crippen molar-refractivity contribution in [1.29, 1.82) is 0 Å². The Morgan fingerprint density at radius 3 is 2.47 bits per heavy atom. The van der Waals surface area contributed by atoms with Gasteiger partial charge in [0.05, 0.1) is 23.5 Å². The number of hydrogen-bond donors (Lipinski definition) is 2. The Balaban J connectivity index is 0.00000324. The third kappa shape index (κ3) is 5.08. The molecule has 2 aliphatic rings. The molecule has 1 radical (unpaired) electrons. The number of hydrogen-bond acceptors (Lipinski definition) is 5. The monoisotopic (exact) mass is 554 g/mol. The van der Waals surface area contributed by atoms with Gasteiger partial charge in [-0.05, 0) is 31.2 Å². The molecule has 179 valence electrons. The SMILES string of the molecule is CC(=O)NNC(=O)C12C[C@H](C)C[C@H](C1)N2[N-]c1ccc(C(F)(F)F)c(-c2ncc(F)cn2)c1.[Y]. The van der Waals surface area contributed by atoms with Crippen molar-refractivity contribution in [1.82, 2.24) is 25.8 Å². The van der Waals surface area contributed by atoms with Crippen LogP contribution in [0.2, 0.25) is 0 Å². The number of benzene rings is 1. The van der Waals surface area contributed by atoms with E-state index in [9.17, 15) is 27.2 Å². The van der Waals surface area contributed by atoms with Gasteiger partial charge in [-0.1, -0.05) is 25.1 Å². The number of nitrogens with one attached hydrogen (secondary N) is 2. The average molecular weight is 554 g/mol. The minimum Gasteiger partial charge on any atom is -0.619 e. The van der Waals surface area contributed by atoms with Crippen molar-refractivity contribution in [3.05, 3.63) is 47.4 Å². The third-order valence-corrected chi connectivity index (χ3v) is 5.89. The van der Waals surface area contributed by atoms with Gasteiger partial charge in [-0.25, -0.2) is 14.4 Å². The van der Waals surface area contributed by atoms with Gasteiger partial charge in [-0.3, -0.25) is 20.4 Å². The number of amides is 2. The molecule has 13 heteroatoms. The van der Waals surface area contributed by atoms with Crippen molar-refractivity contribution in [3.63, 3.8) is 0 Å². The van der Waals surface area contributed by atoms with E-state index in [1.807, 2.05) is 6.92 Å². The van der Waals surface area contributed by atoms with E-state index in [0.29, 0.717) is 12.8 Å². The number of alkyl halides is 3. The number of aromatic nitrogens is 2. The quantitative estimate of drug-likeness (QED) is 0.444. The summed E-state index contributed by atoms with van der Waals surface area (Å²) in [6.07, 6.45) is -1.35. The number of nitrogens with zero attached hydrogens (tertiary/aromatic N) is 4. The Kier molecular flexibility index (Phi) is 7.64. The molecule has 2 N–H and O–H groups in total. The smallest absolute Gasteiger partial charge is 0.417 e. The van der Waals surface area contributed by atoms with Crippen molar-refractivity contribution in [2.75, 3.05) is 0 Å². The molecular weight excluding hydrogens is 533 g/mol. The largest absolute Gasteiger partial charge is 0.619 e. The zero-order valence-corrected chi connectivity index (χ0v) is 21.2. The normalized spacial score (nSPS) is 23.8. The van der Waals surface area contributed by atoms with E-state index in [-0.39, 0.29) is 61.7 Å². The number of carbonyl (C=O) groups excluding carboxylic acids is 2. The first kappa shape index (κ1) is 26.4. The molecule has 2 heterocycles. The summed E-state index contributed by atoms with van der Waals surface area (Å²) in [4.78, 5) is 31.4. The maximum atomic E-state index is 13.6. The van der Waals surface area contributed by atoms with Gasteiger partial charge in [0.15, 0.2) is 11.6 Å². The van der Waals surface area contributed by atoms with Crippen LogP contribution in [0, 0.1) is 11.7 Å². The summed E-state index contributed by atoms with van der Waals surface area (Å²) >= 11 is 0. The van der Waals surface area contributed by atoms with E-state index < -0.39 is 34.9 Å². The average Bonchev–Trinajstić information content (AvgIpc) is 2.75. The number of fused-ring (bicyclic) bond motifs is 2. The molecule has 1 aliphatic heterocycles. The van der Waals surface area contributed by atoms with Crippen LogP contribution in [0.1, 0.15) is 38.7 Å². The molecule has 1 aromatic heterocycles. The molecule has 2 amide bonds. The van der Waals surface area contributed by atoms with Gasteiger partial charge < -0.3 is 10.4 Å². The molecule has 1 aromatic carbocycles. The Labute approximate surface area is 218 Å². The number of rotatable bonds is 4. The molecule has 1 saturated carbocycles. The maximum absolute atomic E-state index is 13.6. The molecule has 34 heavy (non-hydrogen) atoms. The van der Waals surface area contributed by atoms with Crippen molar-refractivity contribution in [2.24, 2.45) is 5.92 Å². The Hall–Kier alpha value is -2.18. The van der Waals surface area contributed by atoms with Crippen LogP contribution in [0.15, 0.2) is 30.6 Å². The van der Waals surface area contributed by atoms with Crippen LogP contribution in [0.4, 0.5) is 23.2 Å². The molecule has 2 fully saturated rings. The summed E-state index contributed by atoms with van der Waals surface area (Å²) in [7, 11) is 0. The minimum absolute atomic E-state index is 0. The number of hydrazine groups is 1. The third-order valence-electron chi connectivity index (χ3n) is 5.89. The van der Waals surface area contributed by atoms with E-state index in [0.717, 1.165) is 24.9 Å². The molecule has 1 saturated heterocycles. The number of halogens is 4. The first-order valence-electron chi connectivity index (χ1n) is 10.3. The summed E-state index contributed by atoms with van der Waals surface area (Å²) in [6, 6.07) is 3.17. The fourth-order valence-corrected chi connectivity index (χ4v) is 4.62. The van der Waals surface area contributed by atoms with E-state index >= 15 is 0 Å². The van der Waals surface area contributed by atoms with E-state index in [1.165, 1.54) is 19.1 Å². The fraction of sp³-hybridized carbons (Fsp3) is 0.429. The Bertz CT molecular complexity index is 1080. The zero-order chi connectivity index (χ0) is 24.0. The number of piperidine rings is 1. The van der Waals surface area contributed by atoms with Gasteiger partial charge in [0.1, 0.15) is 0 Å². The van der Waals surface area contributed by atoms with Gasteiger partial charge in [0.2, 0.25) is 5.91 Å². The Morgan fingerprint density at radius 2 is 1.85 bits per heavy atom. The Morgan fingerprint density at radius 1 is 1.18 bits per heavy atom. The van der Waals surface area contributed by atoms with Gasteiger partial charge >= 0.3 is 6.18 Å². The summed E-state index contributed by atoms with van der Waals surface area (Å²) in [5, 5.41) is 1.60. The van der Waals surface area contributed by atoms with E-state index in [2.05, 4.69) is 26.2 Å². The molecule has 1 unspecified atom stereocenters. The first-order chi connectivity index (χ1) is 15.5. The first-order valence-corrected chi connectivity index (χ1v) is 10.3.